The van der Waals surface area contributed by atoms with Crippen molar-refractivity contribution in [1.82, 2.24) is 20.2 Å². The van der Waals surface area contributed by atoms with Gasteiger partial charge in [0.1, 0.15) is 6.04 Å². The number of carbonyl (C=O) groups is 2. The zero-order chi connectivity index (χ0) is 30.0. The summed E-state index contributed by atoms with van der Waals surface area (Å²) < 4.78 is 56.6. The first-order valence-electron chi connectivity index (χ1n) is 12.7. The Hall–Kier alpha value is -3.61. The van der Waals surface area contributed by atoms with E-state index in [2.05, 4.69) is 15.3 Å². The lowest BCUT2D eigenvalue weighted by Crippen LogP contribution is -2.48. The average molecular weight is 569 g/mol. The van der Waals surface area contributed by atoms with Gasteiger partial charge in [-0.2, -0.15) is 13.2 Å². The summed E-state index contributed by atoms with van der Waals surface area (Å²) in [6.07, 6.45) is -3.85. The number of hydrogen-bond donors (Lipinski definition) is 2. The Kier molecular flexibility index (Phi) is 9.17. The number of hydrogen-bond acceptors (Lipinski definition) is 8. The van der Waals surface area contributed by atoms with E-state index in [9.17, 15) is 27.9 Å². The molecular formula is C27H35F3N4O6. The third kappa shape index (κ3) is 6.40. The molecule has 0 aromatic carbocycles. The monoisotopic (exact) mass is 568 g/mol. The van der Waals surface area contributed by atoms with E-state index in [0.29, 0.717) is 11.8 Å². The normalized spacial score (nSPS) is 21.4. The Morgan fingerprint density at radius 1 is 1.12 bits per heavy atom. The molecule has 0 saturated carbocycles. The third-order valence-corrected chi connectivity index (χ3v) is 6.75. The smallest absolute Gasteiger partial charge is 0.417 e. The van der Waals surface area contributed by atoms with Gasteiger partial charge in [-0.05, 0) is 37.5 Å². The molecule has 2 N–H and O–H groups in total. The molecular weight excluding hydrogens is 533 g/mol. The number of amides is 1. The molecule has 0 bridgehead atoms. The van der Waals surface area contributed by atoms with Crippen LogP contribution in [0.4, 0.5) is 18.0 Å². The lowest BCUT2D eigenvalue weighted by molar-refractivity contribution is -0.145. The van der Waals surface area contributed by atoms with Crippen molar-refractivity contribution in [3.8, 4) is 11.8 Å². The number of likely N-dealkylation sites (tertiary alicyclic amines) is 1. The molecule has 1 amide bonds. The third-order valence-electron chi connectivity index (χ3n) is 6.75. The van der Waals surface area contributed by atoms with Crippen LogP contribution >= 0.6 is 0 Å². The van der Waals surface area contributed by atoms with Gasteiger partial charge in [0.2, 0.25) is 11.8 Å². The molecule has 0 unspecified atom stereocenters. The van der Waals surface area contributed by atoms with E-state index in [-0.39, 0.29) is 23.9 Å². The molecule has 0 aliphatic carbocycles. The molecule has 4 atom stereocenters. The van der Waals surface area contributed by atoms with Crippen molar-refractivity contribution in [3.05, 3.63) is 47.3 Å². The number of halogens is 3. The Morgan fingerprint density at radius 2 is 1.77 bits per heavy atom. The van der Waals surface area contributed by atoms with Gasteiger partial charge in [-0.3, -0.25) is 4.90 Å². The van der Waals surface area contributed by atoms with Gasteiger partial charge >= 0.3 is 18.2 Å². The molecule has 1 aliphatic heterocycles. The molecule has 2 aromatic heterocycles. The maximum Gasteiger partial charge on any atom is 0.417 e. The minimum Gasteiger partial charge on any atom is -0.481 e. The minimum absolute atomic E-state index is 0.0211. The van der Waals surface area contributed by atoms with E-state index in [4.69, 9.17) is 14.2 Å². The molecule has 0 radical (unpaired) electrons. The van der Waals surface area contributed by atoms with Crippen LogP contribution < -0.4 is 14.8 Å². The summed E-state index contributed by atoms with van der Waals surface area (Å²) in [7, 11) is 2.69. The van der Waals surface area contributed by atoms with E-state index >= 15 is 0 Å². The Labute approximate surface area is 230 Å². The van der Waals surface area contributed by atoms with Crippen molar-refractivity contribution in [3.63, 3.8) is 0 Å². The highest BCUT2D eigenvalue weighted by molar-refractivity contribution is 5.82. The number of rotatable bonds is 8. The molecule has 3 rings (SSSR count). The van der Waals surface area contributed by atoms with Gasteiger partial charge < -0.3 is 24.6 Å². The van der Waals surface area contributed by atoms with Crippen LogP contribution in [-0.4, -0.2) is 64.4 Å². The Balaban J connectivity index is 2.21. The number of carboxylic acid groups (broad SMARTS) is 1. The SMILES string of the molecule is COc1ncc(C(F)(F)F)cc1CN[C@H]1[C@H](C(C)(C)C)[C@@H](C(=O)O)N(C(=O)OC(C)C)[C@H]1c1cccnc1OC. The van der Waals surface area contributed by atoms with E-state index in [1.54, 1.807) is 26.0 Å². The van der Waals surface area contributed by atoms with Gasteiger partial charge in [-0.25, -0.2) is 19.6 Å². The van der Waals surface area contributed by atoms with Crippen molar-refractivity contribution in [2.45, 2.75) is 71.6 Å². The highest BCUT2D eigenvalue weighted by Gasteiger charge is 2.59. The maximum atomic E-state index is 13.5. The predicted molar refractivity (Wildman–Crippen MR) is 138 cm³/mol. The fraction of sp³-hybridized carbons (Fsp3) is 0.556. The van der Waals surface area contributed by atoms with Crippen molar-refractivity contribution in [2.24, 2.45) is 11.3 Å². The number of carboxylic acids is 1. The van der Waals surface area contributed by atoms with Crippen LogP contribution in [-0.2, 0) is 22.3 Å². The number of nitrogens with zero attached hydrogens (tertiary/aromatic N) is 3. The Bertz CT molecular complexity index is 1220. The zero-order valence-corrected chi connectivity index (χ0v) is 23.4. The van der Waals surface area contributed by atoms with Crippen LogP contribution in [0.15, 0.2) is 30.6 Å². The van der Waals surface area contributed by atoms with Gasteiger partial charge in [0.15, 0.2) is 0 Å². The number of pyridine rings is 2. The zero-order valence-electron chi connectivity index (χ0n) is 23.4. The molecule has 1 aliphatic rings. The van der Waals surface area contributed by atoms with E-state index < -0.39 is 59.4 Å². The van der Waals surface area contributed by atoms with Gasteiger partial charge in [-0.15, -0.1) is 0 Å². The van der Waals surface area contributed by atoms with E-state index in [0.717, 1.165) is 11.0 Å². The molecule has 1 saturated heterocycles. The van der Waals surface area contributed by atoms with Gasteiger partial charge in [0.25, 0.3) is 0 Å². The van der Waals surface area contributed by atoms with Crippen molar-refractivity contribution in [2.75, 3.05) is 14.2 Å². The van der Waals surface area contributed by atoms with Gasteiger partial charge in [0, 0.05) is 42.0 Å². The fourth-order valence-corrected chi connectivity index (χ4v) is 5.26. The molecule has 3 heterocycles. The lowest BCUT2D eigenvalue weighted by atomic mass is 9.72. The number of aromatic nitrogens is 2. The predicted octanol–water partition coefficient (Wildman–Crippen LogP) is 4.69. The highest BCUT2D eigenvalue weighted by atomic mass is 19.4. The quantitative estimate of drug-likeness (QED) is 0.467. The summed E-state index contributed by atoms with van der Waals surface area (Å²) in [5.41, 5.74) is -1.13. The Morgan fingerprint density at radius 3 is 2.30 bits per heavy atom. The molecule has 0 spiro atoms. The molecule has 1 fully saturated rings. The van der Waals surface area contributed by atoms with Crippen molar-refractivity contribution >= 4 is 12.1 Å². The van der Waals surface area contributed by atoms with Crippen molar-refractivity contribution < 1.29 is 42.1 Å². The standard InChI is InChI=1S/C27H35F3N4O6/c1-14(2)40-25(37)34-20(17-9-8-10-31-23(17)39-7)19(18(26(3,4)5)21(34)24(35)36)32-12-15-11-16(27(28,29)30)13-33-22(15)38-6/h8-11,13-14,18-21,32H,12H2,1-7H3,(H,35,36)/t18-,19-,20-,21-/m0/s1. The number of carbonyl (C=O) groups excluding carboxylic acids is 1. The second-order valence-electron chi connectivity index (χ2n) is 10.9. The van der Waals surface area contributed by atoms with Crippen LogP contribution in [0.3, 0.4) is 0 Å². The maximum absolute atomic E-state index is 13.5. The van der Waals surface area contributed by atoms with E-state index in [1.165, 1.54) is 20.4 Å². The second-order valence-corrected chi connectivity index (χ2v) is 10.9. The summed E-state index contributed by atoms with van der Waals surface area (Å²) in [6.45, 7) is 8.63. The lowest BCUT2D eigenvalue weighted by Gasteiger charge is -2.35. The van der Waals surface area contributed by atoms with Crippen LogP contribution in [0.5, 0.6) is 11.8 Å². The number of nitrogens with one attached hydrogen (secondary N) is 1. The topological polar surface area (TPSA) is 123 Å². The van der Waals surface area contributed by atoms with Gasteiger partial charge in [-0.1, -0.05) is 20.8 Å². The second kappa shape index (κ2) is 11.9. The fourth-order valence-electron chi connectivity index (χ4n) is 5.26. The first kappa shape index (κ1) is 30.9. The number of ether oxygens (including phenoxy) is 3. The van der Waals surface area contributed by atoms with Crippen LogP contribution in [0.25, 0.3) is 0 Å². The minimum atomic E-state index is -4.63. The van der Waals surface area contributed by atoms with Crippen LogP contribution in [0, 0.1) is 11.3 Å². The summed E-state index contributed by atoms with van der Waals surface area (Å²) in [5.74, 6) is -1.84. The highest BCUT2D eigenvalue weighted by Crippen LogP contribution is 2.50. The number of alkyl halides is 3. The first-order chi connectivity index (χ1) is 18.6. The van der Waals surface area contributed by atoms with E-state index in [1.807, 2.05) is 20.8 Å². The summed E-state index contributed by atoms with van der Waals surface area (Å²) in [5, 5.41) is 13.7. The molecule has 220 valence electrons. The molecule has 40 heavy (non-hydrogen) atoms. The summed E-state index contributed by atoms with van der Waals surface area (Å²) >= 11 is 0. The number of aliphatic carboxylic acids is 1. The van der Waals surface area contributed by atoms with Crippen LogP contribution in [0.2, 0.25) is 0 Å². The van der Waals surface area contributed by atoms with Gasteiger partial charge in [0.05, 0.1) is 31.9 Å². The average Bonchev–Trinajstić information content (AvgIpc) is 3.22. The summed E-state index contributed by atoms with van der Waals surface area (Å²) in [4.78, 5) is 35.5. The summed E-state index contributed by atoms with van der Waals surface area (Å²) in [6, 6.07) is 1.11. The first-order valence-corrected chi connectivity index (χ1v) is 12.7. The van der Waals surface area contributed by atoms with Crippen molar-refractivity contribution in [1.29, 1.82) is 0 Å². The molecule has 10 nitrogen and oxygen atoms in total. The molecule has 13 heteroatoms. The van der Waals surface area contributed by atoms with Crippen LogP contribution in [0.1, 0.15) is 57.4 Å². The largest absolute Gasteiger partial charge is 0.481 e. The molecule has 2 aromatic rings. The number of methoxy groups -OCH3 is 2.